The van der Waals surface area contributed by atoms with E-state index in [0.717, 1.165) is 0 Å². The van der Waals surface area contributed by atoms with Crippen molar-refractivity contribution in [3.05, 3.63) is 35.4 Å². The van der Waals surface area contributed by atoms with Gasteiger partial charge >= 0.3 is 6.09 Å². The van der Waals surface area contributed by atoms with E-state index >= 15 is 0 Å². The summed E-state index contributed by atoms with van der Waals surface area (Å²) in [5, 5.41) is 11.5. The van der Waals surface area contributed by atoms with Crippen LogP contribution in [0, 0.1) is 11.3 Å². The molecule has 1 N–H and O–H groups in total. The van der Waals surface area contributed by atoms with E-state index in [1.807, 2.05) is 33.8 Å². The van der Waals surface area contributed by atoms with Crippen molar-refractivity contribution in [2.45, 2.75) is 39.7 Å². The summed E-state index contributed by atoms with van der Waals surface area (Å²) in [7, 11) is 0. The predicted octanol–water partition coefficient (Wildman–Crippen LogP) is 2.94. The number of carbonyl (C=O) groups excluding carboxylic acids is 2. The second-order valence-corrected chi connectivity index (χ2v) is 6.36. The molecule has 1 aromatic carbocycles. The van der Waals surface area contributed by atoms with Crippen LogP contribution < -0.4 is 5.32 Å². The van der Waals surface area contributed by atoms with Crippen LogP contribution in [0.3, 0.4) is 0 Å². The van der Waals surface area contributed by atoms with Gasteiger partial charge in [0.15, 0.2) is 0 Å². The van der Waals surface area contributed by atoms with Gasteiger partial charge in [-0.3, -0.25) is 4.79 Å². The predicted molar refractivity (Wildman–Crippen MR) is 91.6 cm³/mol. The third-order valence-corrected chi connectivity index (χ3v) is 3.20. The largest absolute Gasteiger partial charge is 0.444 e. The Balaban J connectivity index is 2.39. The number of nitrogens with zero attached hydrogens (tertiary/aromatic N) is 2. The molecule has 0 saturated carbocycles. The third-order valence-electron chi connectivity index (χ3n) is 3.20. The molecule has 0 spiro atoms. The molecule has 0 aromatic heterocycles. The van der Waals surface area contributed by atoms with Crippen LogP contribution in [0.1, 0.15) is 50.0 Å². The van der Waals surface area contributed by atoms with Gasteiger partial charge in [-0.1, -0.05) is 0 Å². The summed E-state index contributed by atoms with van der Waals surface area (Å²) in [6, 6.07) is 8.46. The minimum Gasteiger partial charge on any atom is -0.444 e. The first-order valence-electron chi connectivity index (χ1n) is 8.03. The fourth-order valence-electron chi connectivity index (χ4n) is 1.98. The number of amides is 2. The lowest BCUT2D eigenvalue weighted by atomic mass is 10.1. The normalized spacial score (nSPS) is 10.6. The van der Waals surface area contributed by atoms with Crippen molar-refractivity contribution in [3.63, 3.8) is 0 Å². The Hall–Kier alpha value is -2.55. The van der Waals surface area contributed by atoms with Crippen LogP contribution >= 0.6 is 0 Å². The molecule has 0 fully saturated rings. The van der Waals surface area contributed by atoms with E-state index in [2.05, 4.69) is 5.32 Å². The molecule has 0 atom stereocenters. The fourth-order valence-corrected chi connectivity index (χ4v) is 1.98. The van der Waals surface area contributed by atoms with Crippen LogP contribution in [0.5, 0.6) is 0 Å². The van der Waals surface area contributed by atoms with Crippen LogP contribution in [0.15, 0.2) is 24.3 Å². The average Bonchev–Trinajstić information content (AvgIpc) is 2.53. The van der Waals surface area contributed by atoms with Crippen molar-refractivity contribution in [1.29, 1.82) is 5.26 Å². The molecule has 0 radical (unpaired) electrons. The standard InChI is InChI=1S/C18H25N3O3/c1-5-21(17(23)24-18(2,3)4)12-6-11-20-16(22)15-9-7-14(13-19)8-10-15/h7-10H,5-6,11-12H2,1-4H3,(H,20,22). The van der Waals surface area contributed by atoms with Crippen LogP contribution in [-0.4, -0.2) is 42.1 Å². The number of hydrogen-bond donors (Lipinski definition) is 1. The Bertz CT molecular complexity index is 597. The maximum Gasteiger partial charge on any atom is 0.410 e. The minimum absolute atomic E-state index is 0.195. The lowest BCUT2D eigenvalue weighted by Gasteiger charge is -2.26. The number of ether oxygens (including phenoxy) is 1. The Morgan fingerprint density at radius 2 is 1.88 bits per heavy atom. The number of rotatable bonds is 6. The highest BCUT2D eigenvalue weighted by Gasteiger charge is 2.20. The molecule has 24 heavy (non-hydrogen) atoms. The Labute approximate surface area is 143 Å². The molecule has 1 aromatic rings. The summed E-state index contributed by atoms with van der Waals surface area (Å²) in [5.74, 6) is -0.195. The molecule has 0 bridgehead atoms. The van der Waals surface area contributed by atoms with Crippen molar-refractivity contribution in [3.8, 4) is 6.07 Å². The maximum absolute atomic E-state index is 12.0. The zero-order valence-corrected chi connectivity index (χ0v) is 14.8. The van der Waals surface area contributed by atoms with E-state index in [0.29, 0.717) is 37.2 Å². The zero-order chi connectivity index (χ0) is 18.2. The van der Waals surface area contributed by atoms with E-state index in [-0.39, 0.29) is 12.0 Å². The Morgan fingerprint density at radius 3 is 2.38 bits per heavy atom. The van der Waals surface area contributed by atoms with Gasteiger partial charge in [-0.25, -0.2) is 4.79 Å². The lowest BCUT2D eigenvalue weighted by Crippen LogP contribution is -2.38. The van der Waals surface area contributed by atoms with Crippen LogP contribution in [0.25, 0.3) is 0 Å². The average molecular weight is 331 g/mol. The summed E-state index contributed by atoms with van der Waals surface area (Å²) in [6.07, 6.45) is 0.290. The van der Waals surface area contributed by atoms with Crippen LogP contribution in [0.4, 0.5) is 4.79 Å². The van der Waals surface area contributed by atoms with Crippen LogP contribution in [0.2, 0.25) is 0 Å². The van der Waals surface area contributed by atoms with Gasteiger partial charge in [0, 0.05) is 25.2 Å². The van der Waals surface area contributed by atoms with E-state index in [9.17, 15) is 9.59 Å². The SMILES string of the molecule is CCN(CCCNC(=O)c1ccc(C#N)cc1)C(=O)OC(C)(C)C. The summed E-state index contributed by atoms with van der Waals surface area (Å²) in [6.45, 7) is 8.90. The first-order chi connectivity index (χ1) is 11.3. The third kappa shape index (κ3) is 6.69. The van der Waals surface area contributed by atoms with Crippen molar-refractivity contribution < 1.29 is 14.3 Å². The van der Waals surface area contributed by atoms with Crippen molar-refractivity contribution in [2.24, 2.45) is 0 Å². The smallest absolute Gasteiger partial charge is 0.410 e. The quantitative estimate of drug-likeness (QED) is 0.813. The summed E-state index contributed by atoms with van der Waals surface area (Å²) < 4.78 is 5.33. The first kappa shape index (κ1) is 19.5. The highest BCUT2D eigenvalue weighted by atomic mass is 16.6. The minimum atomic E-state index is -0.520. The molecule has 2 amide bonds. The second kappa shape index (κ2) is 8.92. The fraction of sp³-hybridized carbons (Fsp3) is 0.500. The second-order valence-electron chi connectivity index (χ2n) is 6.36. The zero-order valence-electron chi connectivity index (χ0n) is 14.8. The van der Waals surface area contributed by atoms with Crippen molar-refractivity contribution >= 4 is 12.0 Å². The monoisotopic (exact) mass is 331 g/mol. The lowest BCUT2D eigenvalue weighted by molar-refractivity contribution is 0.0259. The molecule has 130 valence electrons. The van der Waals surface area contributed by atoms with Gasteiger partial charge in [-0.05, 0) is 58.4 Å². The molecular weight excluding hydrogens is 306 g/mol. The summed E-state index contributed by atoms with van der Waals surface area (Å²) in [4.78, 5) is 25.6. The Kier molecular flexibility index (Phi) is 7.25. The molecule has 1 rings (SSSR count). The van der Waals surface area contributed by atoms with Gasteiger partial charge in [0.1, 0.15) is 5.60 Å². The summed E-state index contributed by atoms with van der Waals surface area (Å²) >= 11 is 0. The van der Waals surface area contributed by atoms with Gasteiger partial charge < -0.3 is 15.0 Å². The Morgan fingerprint density at radius 1 is 1.25 bits per heavy atom. The van der Waals surface area contributed by atoms with Crippen molar-refractivity contribution in [1.82, 2.24) is 10.2 Å². The number of benzene rings is 1. The maximum atomic E-state index is 12.0. The molecule has 6 heteroatoms. The van der Waals surface area contributed by atoms with E-state index < -0.39 is 5.60 Å². The molecule has 0 heterocycles. The van der Waals surface area contributed by atoms with Crippen molar-refractivity contribution in [2.75, 3.05) is 19.6 Å². The number of carbonyl (C=O) groups is 2. The number of nitrogens with one attached hydrogen (secondary N) is 1. The first-order valence-corrected chi connectivity index (χ1v) is 8.03. The van der Waals surface area contributed by atoms with E-state index in [4.69, 9.17) is 10.00 Å². The van der Waals surface area contributed by atoms with Gasteiger partial charge in [0.05, 0.1) is 11.6 Å². The number of nitriles is 1. The van der Waals surface area contributed by atoms with E-state index in [1.54, 1.807) is 29.2 Å². The van der Waals surface area contributed by atoms with E-state index in [1.165, 1.54) is 0 Å². The highest BCUT2D eigenvalue weighted by Crippen LogP contribution is 2.10. The highest BCUT2D eigenvalue weighted by molar-refractivity contribution is 5.94. The number of hydrogen-bond acceptors (Lipinski definition) is 4. The molecule has 0 aliphatic rings. The van der Waals surface area contributed by atoms with Gasteiger partial charge in [0.25, 0.3) is 5.91 Å². The molecule has 0 aliphatic heterocycles. The van der Waals surface area contributed by atoms with Gasteiger partial charge in [-0.15, -0.1) is 0 Å². The summed E-state index contributed by atoms with van der Waals surface area (Å²) in [5.41, 5.74) is 0.505. The molecule has 0 aliphatic carbocycles. The molecular formula is C18H25N3O3. The molecule has 6 nitrogen and oxygen atoms in total. The van der Waals surface area contributed by atoms with Gasteiger partial charge in [0.2, 0.25) is 0 Å². The topological polar surface area (TPSA) is 82.4 Å². The van der Waals surface area contributed by atoms with Gasteiger partial charge in [-0.2, -0.15) is 5.26 Å². The molecule has 0 saturated heterocycles. The van der Waals surface area contributed by atoms with Crippen LogP contribution in [-0.2, 0) is 4.74 Å². The molecule has 0 unspecified atom stereocenters.